The second kappa shape index (κ2) is 11.5. The maximum absolute atomic E-state index is 13.3. The van der Waals surface area contributed by atoms with Crippen LogP contribution in [-0.4, -0.2) is 53.1 Å². The Bertz CT molecular complexity index is 1460. The van der Waals surface area contributed by atoms with Crippen molar-refractivity contribution in [2.75, 3.05) is 19.8 Å². The lowest BCUT2D eigenvalue weighted by molar-refractivity contribution is -0.114. The van der Waals surface area contributed by atoms with Gasteiger partial charge in [0.25, 0.3) is 5.91 Å². The fourth-order valence-electron chi connectivity index (χ4n) is 4.47. The molecule has 4 aromatic rings. The van der Waals surface area contributed by atoms with Gasteiger partial charge in [-0.25, -0.2) is 9.07 Å². The number of nitrogens with one attached hydrogen (secondary N) is 2. The molecule has 1 amide bonds. The minimum Gasteiger partial charge on any atom is -0.381 e. The minimum atomic E-state index is -0.537. The first-order valence-electron chi connectivity index (χ1n) is 12.5. The van der Waals surface area contributed by atoms with Crippen LogP contribution in [0.1, 0.15) is 39.1 Å². The summed E-state index contributed by atoms with van der Waals surface area (Å²) in [6.07, 6.45) is 3.27. The van der Waals surface area contributed by atoms with Gasteiger partial charge in [0.2, 0.25) is 11.6 Å². The number of aromatic nitrogens is 2. The van der Waals surface area contributed by atoms with Gasteiger partial charge in [-0.15, -0.1) is 0 Å². The molecule has 9 heteroatoms. The van der Waals surface area contributed by atoms with Gasteiger partial charge in [-0.2, -0.15) is 5.10 Å². The van der Waals surface area contributed by atoms with E-state index in [1.54, 1.807) is 59.4 Å². The van der Waals surface area contributed by atoms with Crippen LogP contribution in [0.25, 0.3) is 16.6 Å². The molecule has 8 nitrogen and oxygen atoms in total. The molecule has 38 heavy (non-hydrogen) atoms. The lowest BCUT2D eigenvalue weighted by atomic mass is 10.0. The average molecular weight is 515 g/mol. The third-order valence-corrected chi connectivity index (χ3v) is 6.62. The van der Waals surface area contributed by atoms with Gasteiger partial charge in [-0.1, -0.05) is 30.3 Å². The number of ether oxygens (including phenoxy) is 1. The molecule has 0 atom stereocenters. The number of hydrogen-bond acceptors (Lipinski definition) is 6. The molecule has 0 saturated carbocycles. The second-order valence-electron chi connectivity index (χ2n) is 9.17. The average Bonchev–Trinajstić information content (AvgIpc) is 3.40. The van der Waals surface area contributed by atoms with Crippen LogP contribution in [0.2, 0.25) is 0 Å². The summed E-state index contributed by atoms with van der Waals surface area (Å²) < 4.78 is 20.3. The van der Waals surface area contributed by atoms with Gasteiger partial charge in [0.1, 0.15) is 5.82 Å². The Balaban J connectivity index is 1.19. The molecular formula is C29H27FN4O4. The molecule has 0 unspecified atom stereocenters. The van der Waals surface area contributed by atoms with Crippen molar-refractivity contribution in [3.05, 3.63) is 95.4 Å². The number of amides is 1. The van der Waals surface area contributed by atoms with Gasteiger partial charge in [0.05, 0.1) is 29.5 Å². The molecule has 1 saturated heterocycles. The zero-order chi connectivity index (χ0) is 26.5. The van der Waals surface area contributed by atoms with Crippen molar-refractivity contribution in [2.45, 2.75) is 25.4 Å². The summed E-state index contributed by atoms with van der Waals surface area (Å²) in [4.78, 5) is 37.8. The van der Waals surface area contributed by atoms with Crippen molar-refractivity contribution >= 4 is 28.4 Å². The van der Waals surface area contributed by atoms with Gasteiger partial charge < -0.3 is 15.4 Å². The molecule has 1 fully saturated rings. The van der Waals surface area contributed by atoms with E-state index >= 15 is 0 Å². The number of rotatable bonds is 9. The fraction of sp³-hybridized carbons (Fsp3) is 0.241. The zero-order valence-corrected chi connectivity index (χ0v) is 20.7. The molecule has 194 valence electrons. The molecule has 0 bridgehead atoms. The molecule has 0 spiro atoms. The lowest BCUT2D eigenvalue weighted by Crippen LogP contribution is -2.39. The van der Waals surface area contributed by atoms with E-state index in [4.69, 9.17) is 4.74 Å². The van der Waals surface area contributed by atoms with Crippen molar-refractivity contribution < 1.29 is 23.5 Å². The monoisotopic (exact) mass is 514 g/mol. The van der Waals surface area contributed by atoms with Gasteiger partial charge in [-0.3, -0.25) is 14.4 Å². The Morgan fingerprint density at radius 1 is 0.974 bits per heavy atom. The van der Waals surface area contributed by atoms with Crippen LogP contribution < -0.4 is 10.6 Å². The van der Waals surface area contributed by atoms with Crippen LogP contribution >= 0.6 is 0 Å². The second-order valence-corrected chi connectivity index (χ2v) is 9.17. The van der Waals surface area contributed by atoms with E-state index in [9.17, 15) is 18.8 Å². The maximum atomic E-state index is 13.3. The molecule has 0 aliphatic carbocycles. The quantitative estimate of drug-likeness (QED) is 0.261. The smallest absolute Gasteiger partial charge is 0.252 e. The number of Topliss-reactive ketones (excluding diaryl/α,β-unsaturated/α-hetero) is 2. The Kier molecular flexibility index (Phi) is 7.67. The predicted molar refractivity (Wildman–Crippen MR) is 140 cm³/mol. The van der Waals surface area contributed by atoms with Crippen molar-refractivity contribution in [3.63, 3.8) is 0 Å². The Morgan fingerprint density at radius 2 is 1.71 bits per heavy atom. The van der Waals surface area contributed by atoms with Crippen LogP contribution in [0, 0.1) is 5.82 Å². The molecule has 1 aromatic heterocycles. The number of carbonyl (C=O) groups excluding carboxylic acids is 3. The molecular weight excluding hydrogens is 487 g/mol. The van der Waals surface area contributed by atoms with E-state index in [0.29, 0.717) is 35.4 Å². The third-order valence-electron chi connectivity index (χ3n) is 6.62. The Morgan fingerprint density at radius 3 is 2.45 bits per heavy atom. The first-order chi connectivity index (χ1) is 18.5. The summed E-state index contributed by atoms with van der Waals surface area (Å²) in [5.41, 5.74) is 2.98. The van der Waals surface area contributed by atoms with E-state index in [2.05, 4.69) is 15.7 Å². The van der Waals surface area contributed by atoms with E-state index in [-0.39, 0.29) is 30.9 Å². The molecule has 1 aliphatic rings. The first kappa shape index (κ1) is 25.4. The maximum Gasteiger partial charge on any atom is 0.252 e. The largest absolute Gasteiger partial charge is 0.381 e. The fourth-order valence-corrected chi connectivity index (χ4v) is 4.47. The Hall–Kier alpha value is -4.21. The van der Waals surface area contributed by atoms with Crippen LogP contribution in [0.5, 0.6) is 0 Å². The number of nitrogens with zero attached hydrogens (tertiary/aromatic N) is 2. The molecule has 2 heterocycles. The van der Waals surface area contributed by atoms with E-state index in [1.807, 2.05) is 6.07 Å². The zero-order valence-electron chi connectivity index (χ0n) is 20.7. The van der Waals surface area contributed by atoms with Crippen molar-refractivity contribution in [1.29, 1.82) is 0 Å². The molecule has 3 aromatic carbocycles. The highest BCUT2D eigenvalue weighted by molar-refractivity contribution is 6.44. The van der Waals surface area contributed by atoms with Crippen LogP contribution in [-0.2, 0) is 16.1 Å². The SMILES string of the molecule is O=C(CNC1CCOCC1)C(=O)c1ccc(CNC(=O)c2cccc3c2cnn3-c2ccc(F)cc2)cc1. The highest BCUT2D eigenvalue weighted by Crippen LogP contribution is 2.22. The van der Waals surface area contributed by atoms with Crippen LogP contribution in [0.15, 0.2) is 72.9 Å². The lowest BCUT2D eigenvalue weighted by Gasteiger charge is -2.22. The summed E-state index contributed by atoms with van der Waals surface area (Å²) in [5, 5.41) is 11.1. The highest BCUT2D eigenvalue weighted by Gasteiger charge is 2.20. The minimum absolute atomic E-state index is 0.00456. The molecule has 2 N–H and O–H groups in total. The number of hydrogen-bond donors (Lipinski definition) is 2. The summed E-state index contributed by atoms with van der Waals surface area (Å²) in [6, 6.07) is 18.1. The van der Waals surface area contributed by atoms with Gasteiger partial charge in [0.15, 0.2) is 0 Å². The van der Waals surface area contributed by atoms with Gasteiger partial charge in [-0.05, 0) is 54.8 Å². The van der Waals surface area contributed by atoms with Gasteiger partial charge >= 0.3 is 0 Å². The summed E-state index contributed by atoms with van der Waals surface area (Å²) in [7, 11) is 0. The normalized spacial score (nSPS) is 13.9. The van der Waals surface area contributed by atoms with Crippen LogP contribution in [0.3, 0.4) is 0 Å². The summed E-state index contributed by atoms with van der Waals surface area (Å²) in [5.74, 6) is -1.63. The number of halogens is 1. The summed E-state index contributed by atoms with van der Waals surface area (Å²) in [6.45, 7) is 1.57. The standard InChI is InChI=1S/C29H27FN4O4/c30-21-8-10-23(11-9-21)34-26-3-1-2-24(25(26)17-33-34)29(37)32-16-19-4-6-20(7-5-19)28(36)27(35)18-31-22-12-14-38-15-13-22/h1-11,17,22,31H,12-16,18H2,(H,32,37). The van der Waals surface area contributed by atoms with Crippen molar-refractivity contribution in [3.8, 4) is 5.69 Å². The molecule has 1 aliphatic heterocycles. The topological polar surface area (TPSA) is 102 Å². The van der Waals surface area contributed by atoms with E-state index in [1.165, 1.54) is 12.1 Å². The predicted octanol–water partition coefficient (Wildman–Crippen LogP) is 3.62. The van der Waals surface area contributed by atoms with Crippen molar-refractivity contribution in [1.82, 2.24) is 20.4 Å². The van der Waals surface area contributed by atoms with Crippen molar-refractivity contribution in [2.24, 2.45) is 0 Å². The number of benzene rings is 3. The van der Waals surface area contributed by atoms with Crippen LogP contribution in [0.4, 0.5) is 4.39 Å². The number of ketones is 2. The van der Waals surface area contributed by atoms with Gasteiger partial charge in [0, 0.05) is 36.8 Å². The molecule has 5 rings (SSSR count). The van der Waals surface area contributed by atoms with E-state index in [0.717, 1.165) is 23.9 Å². The third kappa shape index (κ3) is 5.69. The van der Waals surface area contributed by atoms with E-state index < -0.39 is 11.6 Å². The Labute approximate surface area is 218 Å². The first-order valence-corrected chi connectivity index (χ1v) is 12.5. The number of fused-ring (bicyclic) bond motifs is 1. The molecule has 0 radical (unpaired) electrons. The number of carbonyl (C=O) groups is 3. The highest BCUT2D eigenvalue weighted by atomic mass is 19.1. The summed E-state index contributed by atoms with van der Waals surface area (Å²) >= 11 is 0.